The highest BCUT2D eigenvalue weighted by atomic mass is 31.2. The van der Waals surface area contributed by atoms with E-state index in [0.29, 0.717) is 25.7 Å². The minimum atomic E-state index is -4.68. The van der Waals surface area contributed by atoms with Gasteiger partial charge in [-0.05, 0) is 77.0 Å². The van der Waals surface area contributed by atoms with Gasteiger partial charge in [-0.15, -0.1) is 0 Å². The zero-order valence-electron chi connectivity index (χ0n) is 35.6. The molecule has 0 bridgehead atoms. The molecule has 11 nitrogen and oxygen atoms in total. The van der Waals surface area contributed by atoms with Gasteiger partial charge in [-0.1, -0.05) is 144 Å². The van der Waals surface area contributed by atoms with E-state index in [1.54, 1.807) is 12.2 Å². The number of rotatable bonds is 39. The zero-order valence-corrected chi connectivity index (χ0v) is 36.5. The van der Waals surface area contributed by atoms with Crippen molar-refractivity contribution in [3.05, 3.63) is 85.1 Å². The van der Waals surface area contributed by atoms with Crippen LogP contribution in [0.1, 0.15) is 149 Å². The number of phosphoric ester groups is 1. The number of phosphoric acid groups is 1. The van der Waals surface area contributed by atoms with Gasteiger partial charge in [0, 0.05) is 12.8 Å². The Bertz CT molecular complexity index is 1250. The van der Waals surface area contributed by atoms with Crippen molar-refractivity contribution in [3.8, 4) is 0 Å². The Labute approximate surface area is 350 Å². The van der Waals surface area contributed by atoms with Crippen molar-refractivity contribution in [2.24, 2.45) is 0 Å². The molecule has 0 rings (SSSR count). The van der Waals surface area contributed by atoms with Gasteiger partial charge in [-0.2, -0.15) is 0 Å². The molecule has 0 radical (unpaired) electrons. The Morgan fingerprint density at radius 1 is 0.586 bits per heavy atom. The van der Waals surface area contributed by atoms with Gasteiger partial charge in [0.2, 0.25) is 0 Å². The SMILES string of the molecule is CCCCC/C=C\C/C=C\C/C=C\C=C\[C@@H](O)CCCC(=O)OC[C@H](COP(=O)(O)OC[C@@H](O)CO)OC(=O)CCC/C=C\C/C=C\C/C=C\CCCCCCCC. The van der Waals surface area contributed by atoms with Crippen LogP contribution in [0.2, 0.25) is 0 Å². The number of esters is 2. The average Bonchev–Trinajstić information content (AvgIpc) is 3.20. The summed E-state index contributed by atoms with van der Waals surface area (Å²) < 4.78 is 32.5. The van der Waals surface area contributed by atoms with Crippen molar-refractivity contribution >= 4 is 19.8 Å². The summed E-state index contributed by atoms with van der Waals surface area (Å²) in [5.41, 5.74) is 0. The average molecular weight is 837 g/mol. The summed E-state index contributed by atoms with van der Waals surface area (Å²) in [6.07, 6.45) is 44.4. The second-order valence-electron chi connectivity index (χ2n) is 14.2. The van der Waals surface area contributed by atoms with E-state index in [4.69, 9.17) is 19.1 Å². The molecule has 0 amide bonds. The van der Waals surface area contributed by atoms with E-state index in [9.17, 15) is 29.3 Å². The third-order valence-electron chi connectivity index (χ3n) is 8.63. The second kappa shape index (κ2) is 40.9. The number of carbonyl (C=O) groups excluding carboxylic acids is 2. The van der Waals surface area contributed by atoms with Crippen LogP contribution in [-0.2, 0) is 32.7 Å². The number of ether oxygens (including phenoxy) is 2. The lowest BCUT2D eigenvalue weighted by Gasteiger charge is -2.20. The molecule has 58 heavy (non-hydrogen) atoms. The van der Waals surface area contributed by atoms with Crippen molar-refractivity contribution < 1.29 is 52.9 Å². The van der Waals surface area contributed by atoms with Gasteiger partial charge >= 0.3 is 19.8 Å². The maximum atomic E-state index is 12.6. The lowest BCUT2D eigenvalue weighted by atomic mass is 10.1. The number of aliphatic hydroxyl groups excluding tert-OH is 3. The predicted octanol–water partition coefficient (Wildman–Crippen LogP) is 10.4. The zero-order chi connectivity index (χ0) is 42.8. The predicted molar refractivity (Wildman–Crippen MR) is 234 cm³/mol. The van der Waals surface area contributed by atoms with E-state index in [0.717, 1.165) is 38.5 Å². The number of carbonyl (C=O) groups is 2. The lowest BCUT2D eigenvalue weighted by molar-refractivity contribution is -0.161. The number of aliphatic hydroxyl groups is 3. The van der Waals surface area contributed by atoms with E-state index in [1.807, 2.05) is 24.3 Å². The van der Waals surface area contributed by atoms with Crippen LogP contribution in [0.15, 0.2) is 85.1 Å². The Kier molecular flexibility index (Phi) is 38.8. The molecule has 0 aromatic heterocycles. The molecule has 0 fully saturated rings. The smallest absolute Gasteiger partial charge is 0.462 e. The van der Waals surface area contributed by atoms with E-state index in [2.05, 4.69) is 67.0 Å². The largest absolute Gasteiger partial charge is 0.472 e. The standard InChI is InChI=1S/C46H77O11P/c1-3-5-7-9-11-13-15-17-18-19-20-22-24-26-28-30-32-36-46(51)57-44(41-56-58(52,53)55-39-43(49)38-47)40-54-45(50)37-33-35-42(48)34-31-29-27-25-23-21-16-14-12-10-8-6-4-2/h12,14,17-18,20-23,26-29,31,34,42-44,47-49H,3-11,13,15-16,19,24-25,30,32-33,35-41H2,1-2H3,(H,52,53)/b14-12-,18-17-,22-20-,23-21-,28-26-,29-27-,34-31+/t42-,43+,44-/m1/s1. The molecule has 0 aliphatic heterocycles. The van der Waals surface area contributed by atoms with Gasteiger partial charge in [0.15, 0.2) is 6.10 Å². The van der Waals surface area contributed by atoms with Gasteiger partial charge < -0.3 is 29.7 Å². The molecule has 12 heteroatoms. The number of unbranched alkanes of at least 4 members (excludes halogenated alkanes) is 10. The molecule has 0 aromatic carbocycles. The van der Waals surface area contributed by atoms with Crippen LogP contribution in [-0.4, -0.2) is 76.9 Å². The molecule has 4 atom stereocenters. The van der Waals surface area contributed by atoms with Gasteiger partial charge in [0.05, 0.1) is 25.9 Å². The fourth-order valence-corrected chi connectivity index (χ4v) is 6.02. The fourth-order valence-electron chi connectivity index (χ4n) is 5.23. The van der Waals surface area contributed by atoms with Gasteiger partial charge in [0.1, 0.15) is 12.7 Å². The molecule has 0 saturated heterocycles. The molecular weight excluding hydrogens is 759 g/mol. The number of hydrogen-bond acceptors (Lipinski definition) is 10. The fraction of sp³-hybridized carbons (Fsp3) is 0.652. The summed E-state index contributed by atoms with van der Waals surface area (Å²) in [5.74, 6) is -1.20. The normalized spacial score (nSPS) is 15.2. The molecule has 1 unspecified atom stereocenters. The van der Waals surface area contributed by atoms with Crippen LogP contribution < -0.4 is 0 Å². The molecule has 0 aromatic rings. The maximum absolute atomic E-state index is 12.6. The highest BCUT2D eigenvalue weighted by molar-refractivity contribution is 7.47. The van der Waals surface area contributed by atoms with Crippen LogP contribution in [0.4, 0.5) is 0 Å². The van der Waals surface area contributed by atoms with Crippen molar-refractivity contribution in [3.63, 3.8) is 0 Å². The molecule has 4 N–H and O–H groups in total. The van der Waals surface area contributed by atoms with Crippen LogP contribution >= 0.6 is 7.82 Å². The highest BCUT2D eigenvalue weighted by Crippen LogP contribution is 2.43. The molecule has 0 aliphatic carbocycles. The first kappa shape index (κ1) is 55.1. The minimum absolute atomic E-state index is 0.00175. The molecule has 0 spiro atoms. The van der Waals surface area contributed by atoms with E-state index >= 15 is 0 Å². The summed E-state index contributed by atoms with van der Waals surface area (Å²) in [5, 5.41) is 28.6. The number of hydrogen-bond donors (Lipinski definition) is 4. The third-order valence-corrected chi connectivity index (χ3v) is 9.58. The summed E-state index contributed by atoms with van der Waals surface area (Å²) in [7, 11) is -4.68. The van der Waals surface area contributed by atoms with Crippen LogP contribution in [0, 0.1) is 0 Å². The highest BCUT2D eigenvalue weighted by Gasteiger charge is 2.27. The van der Waals surface area contributed by atoms with Crippen LogP contribution in [0.3, 0.4) is 0 Å². The minimum Gasteiger partial charge on any atom is -0.462 e. The summed E-state index contributed by atoms with van der Waals surface area (Å²) in [6.45, 7) is 2.04. The van der Waals surface area contributed by atoms with Crippen molar-refractivity contribution in [2.75, 3.05) is 26.4 Å². The lowest BCUT2D eigenvalue weighted by Crippen LogP contribution is -2.29. The van der Waals surface area contributed by atoms with Gasteiger partial charge in [0.25, 0.3) is 0 Å². The molecule has 332 valence electrons. The van der Waals surface area contributed by atoms with Crippen LogP contribution in [0.5, 0.6) is 0 Å². The van der Waals surface area contributed by atoms with Crippen molar-refractivity contribution in [1.82, 2.24) is 0 Å². The topological polar surface area (TPSA) is 169 Å². The van der Waals surface area contributed by atoms with E-state index in [-0.39, 0.29) is 12.8 Å². The van der Waals surface area contributed by atoms with Crippen molar-refractivity contribution in [1.29, 1.82) is 0 Å². The van der Waals surface area contributed by atoms with E-state index in [1.165, 1.54) is 57.8 Å². The molecule has 0 aliphatic rings. The molecule has 0 heterocycles. The second-order valence-corrected chi connectivity index (χ2v) is 15.7. The Balaban J connectivity index is 4.60. The first-order chi connectivity index (χ1) is 28.1. The maximum Gasteiger partial charge on any atom is 0.472 e. The number of allylic oxidation sites excluding steroid dienone is 13. The van der Waals surface area contributed by atoms with Crippen molar-refractivity contribution in [2.45, 2.75) is 167 Å². The quantitative estimate of drug-likeness (QED) is 0.0153. The Morgan fingerprint density at radius 3 is 1.71 bits per heavy atom. The van der Waals surface area contributed by atoms with E-state index < -0.39 is 64.5 Å². The summed E-state index contributed by atoms with van der Waals surface area (Å²) in [4.78, 5) is 35.0. The third kappa shape index (κ3) is 39.9. The Morgan fingerprint density at radius 2 is 1.09 bits per heavy atom. The first-order valence-electron chi connectivity index (χ1n) is 21.7. The van der Waals surface area contributed by atoms with Crippen LogP contribution in [0.25, 0.3) is 0 Å². The van der Waals surface area contributed by atoms with Gasteiger partial charge in [-0.3, -0.25) is 18.6 Å². The van der Waals surface area contributed by atoms with Gasteiger partial charge in [-0.25, -0.2) is 4.57 Å². The summed E-state index contributed by atoms with van der Waals surface area (Å²) >= 11 is 0. The monoisotopic (exact) mass is 837 g/mol. The molecule has 0 saturated carbocycles. The summed E-state index contributed by atoms with van der Waals surface area (Å²) in [6, 6.07) is 0. The molecular formula is C46H77O11P. The first-order valence-corrected chi connectivity index (χ1v) is 23.1. The Hall–Kier alpha value is -2.89.